The van der Waals surface area contributed by atoms with Gasteiger partial charge in [0.05, 0.1) is 5.56 Å². The third kappa shape index (κ3) is 2.91. The van der Waals surface area contributed by atoms with Crippen molar-refractivity contribution in [2.75, 3.05) is 0 Å². The molecular formula is C17H12N4O. The maximum absolute atomic E-state index is 9.11. The van der Waals surface area contributed by atoms with Gasteiger partial charge in [-0.25, -0.2) is 4.98 Å². The van der Waals surface area contributed by atoms with Crippen LogP contribution in [0.2, 0.25) is 0 Å². The first-order valence-corrected chi connectivity index (χ1v) is 6.70. The first-order valence-electron chi connectivity index (χ1n) is 6.70. The van der Waals surface area contributed by atoms with E-state index in [1.165, 1.54) is 0 Å². The highest BCUT2D eigenvalue weighted by Crippen LogP contribution is 2.25. The average molecular weight is 288 g/mol. The SMILES string of the molecule is Cc1cc(Oc2ccccc2C#N)nc(-c2ccccn2)n1. The molecule has 0 amide bonds. The fourth-order valence-electron chi connectivity index (χ4n) is 1.96. The zero-order chi connectivity index (χ0) is 15.4. The van der Waals surface area contributed by atoms with Crippen LogP contribution < -0.4 is 4.74 Å². The van der Waals surface area contributed by atoms with E-state index >= 15 is 0 Å². The van der Waals surface area contributed by atoms with Crippen LogP contribution in [-0.2, 0) is 0 Å². The van der Waals surface area contributed by atoms with E-state index in [4.69, 9.17) is 10.00 Å². The number of para-hydroxylation sites is 1. The van der Waals surface area contributed by atoms with Gasteiger partial charge in [-0.15, -0.1) is 0 Å². The van der Waals surface area contributed by atoms with Crippen LogP contribution in [0.15, 0.2) is 54.7 Å². The Kier molecular flexibility index (Phi) is 3.75. The minimum atomic E-state index is 0.385. The number of ether oxygens (including phenoxy) is 1. The van der Waals surface area contributed by atoms with E-state index in [0.717, 1.165) is 5.69 Å². The van der Waals surface area contributed by atoms with Crippen molar-refractivity contribution in [1.29, 1.82) is 5.26 Å². The summed E-state index contributed by atoms with van der Waals surface area (Å²) in [5.74, 6) is 1.34. The van der Waals surface area contributed by atoms with E-state index in [1.54, 1.807) is 30.5 Å². The minimum Gasteiger partial charge on any atom is -0.438 e. The first-order chi connectivity index (χ1) is 10.8. The standard InChI is InChI=1S/C17H12N4O/c1-12-10-16(22-15-8-3-2-6-13(15)11-18)21-17(20-12)14-7-4-5-9-19-14/h2-10H,1H3. The van der Waals surface area contributed by atoms with Crippen molar-refractivity contribution in [3.63, 3.8) is 0 Å². The van der Waals surface area contributed by atoms with Crippen molar-refractivity contribution in [3.8, 4) is 29.2 Å². The van der Waals surface area contributed by atoms with Crippen LogP contribution in [0.5, 0.6) is 11.6 Å². The van der Waals surface area contributed by atoms with Crippen LogP contribution in [0.3, 0.4) is 0 Å². The Bertz CT molecular complexity index is 841. The van der Waals surface area contributed by atoms with Gasteiger partial charge in [0.2, 0.25) is 5.88 Å². The monoisotopic (exact) mass is 288 g/mol. The molecule has 0 N–H and O–H groups in total. The van der Waals surface area contributed by atoms with E-state index in [0.29, 0.717) is 28.7 Å². The van der Waals surface area contributed by atoms with E-state index < -0.39 is 0 Å². The Morgan fingerprint density at radius 3 is 2.64 bits per heavy atom. The Morgan fingerprint density at radius 1 is 1.05 bits per heavy atom. The quantitative estimate of drug-likeness (QED) is 0.737. The number of aromatic nitrogens is 3. The number of pyridine rings is 1. The lowest BCUT2D eigenvalue weighted by Gasteiger charge is -2.08. The normalized spacial score (nSPS) is 10.0. The fraction of sp³-hybridized carbons (Fsp3) is 0.0588. The van der Waals surface area contributed by atoms with Gasteiger partial charge in [0.15, 0.2) is 5.82 Å². The Hall–Kier alpha value is -3.26. The number of hydrogen-bond donors (Lipinski definition) is 0. The molecule has 0 saturated carbocycles. The van der Waals surface area contributed by atoms with Gasteiger partial charge in [-0.2, -0.15) is 10.2 Å². The molecule has 5 heteroatoms. The van der Waals surface area contributed by atoms with E-state index in [-0.39, 0.29) is 0 Å². The van der Waals surface area contributed by atoms with Gasteiger partial charge in [-0.05, 0) is 31.2 Å². The van der Waals surface area contributed by atoms with Crippen molar-refractivity contribution in [1.82, 2.24) is 15.0 Å². The third-order valence-electron chi connectivity index (χ3n) is 2.95. The molecule has 0 aliphatic heterocycles. The Labute approximate surface area is 127 Å². The highest BCUT2D eigenvalue weighted by Gasteiger charge is 2.09. The predicted molar refractivity (Wildman–Crippen MR) is 81.2 cm³/mol. The lowest BCUT2D eigenvalue weighted by atomic mass is 10.2. The molecule has 5 nitrogen and oxygen atoms in total. The van der Waals surface area contributed by atoms with E-state index in [9.17, 15) is 0 Å². The molecule has 0 fully saturated rings. The van der Waals surface area contributed by atoms with Gasteiger partial charge in [0, 0.05) is 18.0 Å². The van der Waals surface area contributed by atoms with Crippen LogP contribution in [0, 0.1) is 18.3 Å². The van der Waals surface area contributed by atoms with Crippen LogP contribution in [0.25, 0.3) is 11.5 Å². The molecule has 2 aromatic heterocycles. The summed E-state index contributed by atoms with van der Waals surface area (Å²) in [5, 5.41) is 9.11. The zero-order valence-corrected chi connectivity index (χ0v) is 11.9. The fourth-order valence-corrected chi connectivity index (χ4v) is 1.96. The topological polar surface area (TPSA) is 71.7 Å². The summed E-state index contributed by atoms with van der Waals surface area (Å²) in [4.78, 5) is 13.0. The molecule has 3 rings (SSSR count). The molecule has 0 saturated heterocycles. The van der Waals surface area contributed by atoms with Crippen LogP contribution in [0.4, 0.5) is 0 Å². The maximum atomic E-state index is 9.11. The molecule has 2 heterocycles. The second-order valence-corrected chi connectivity index (χ2v) is 4.60. The molecular weight excluding hydrogens is 276 g/mol. The van der Waals surface area contributed by atoms with Crippen molar-refractivity contribution in [3.05, 3.63) is 66.0 Å². The lowest BCUT2D eigenvalue weighted by Crippen LogP contribution is -1.97. The number of rotatable bonds is 3. The molecule has 0 spiro atoms. The summed E-state index contributed by atoms with van der Waals surface area (Å²) in [5.41, 5.74) is 1.89. The van der Waals surface area contributed by atoms with Crippen molar-refractivity contribution in [2.24, 2.45) is 0 Å². The molecule has 3 aromatic rings. The molecule has 22 heavy (non-hydrogen) atoms. The van der Waals surface area contributed by atoms with Crippen LogP contribution in [0.1, 0.15) is 11.3 Å². The first kappa shape index (κ1) is 13.7. The molecule has 106 valence electrons. The predicted octanol–water partition coefficient (Wildman–Crippen LogP) is 3.51. The van der Waals surface area contributed by atoms with Gasteiger partial charge in [-0.3, -0.25) is 4.98 Å². The minimum absolute atomic E-state index is 0.385. The second-order valence-electron chi connectivity index (χ2n) is 4.60. The van der Waals surface area contributed by atoms with E-state index in [1.807, 2.05) is 31.2 Å². The smallest absolute Gasteiger partial charge is 0.223 e. The number of hydrogen-bond acceptors (Lipinski definition) is 5. The summed E-state index contributed by atoms with van der Waals surface area (Å²) < 4.78 is 5.74. The summed E-state index contributed by atoms with van der Waals surface area (Å²) in [6.45, 7) is 1.86. The maximum Gasteiger partial charge on any atom is 0.223 e. The molecule has 1 aromatic carbocycles. The molecule has 0 aliphatic rings. The third-order valence-corrected chi connectivity index (χ3v) is 2.95. The van der Waals surface area contributed by atoms with Crippen molar-refractivity contribution < 1.29 is 4.74 Å². The molecule has 0 bridgehead atoms. The second kappa shape index (κ2) is 6.02. The highest BCUT2D eigenvalue weighted by molar-refractivity contribution is 5.50. The van der Waals surface area contributed by atoms with Crippen molar-refractivity contribution >= 4 is 0 Å². The average Bonchev–Trinajstić information content (AvgIpc) is 2.56. The summed E-state index contributed by atoms with van der Waals surface area (Å²) in [7, 11) is 0. The van der Waals surface area contributed by atoms with Crippen molar-refractivity contribution in [2.45, 2.75) is 6.92 Å². The molecule has 0 atom stereocenters. The van der Waals surface area contributed by atoms with E-state index in [2.05, 4.69) is 21.0 Å². The Morgan fingerprint density at radius 2 is 1.86 bits per heavy atom. The highest BCUT2D eigenvalue weighted by atomic mass is 16.5. The van der Waals surface area contributed by atoms with Gasteiger partial charge in [0.25, 0.3) is 0 Å². The summed E-state index contributed by atoms with van der Waals surface area (Å²) in [6.07, 6.45) is 1.69. The molecule has 0 unspecified atom stereocenters. The van der Waals surface area contributed by atoms with Gasteiger partial charge >= 0.3 is 0 Å². The largest absolute Gasteiger partial charge is 0.438 e. The summed E-state index contributed by atoms with van der Waals surface area (Å²) in [6, 6.07) is 16.4. The van der Waals surface area contributed by atoms with Gasteiger partial charge < -0.3 is 4.74 Å². The molecule has 0 aliphatic carbocycles. The zero-order valence-electron chi connectivity index (χ0n) is 11.9. The van der Waals surface area contributed by atoms with Gasteiger partial charge in [0.1, 0.15) is 17.5 Å². The number of nitrogens with zero attached hydrogens (tertiary/aromatic N) is 4. The lowest BCUT2D eigenvalue weighted by molar-refractivity contribution is 0.460. The number of aryl methyl sites for hydroxylation is 1. The van der Waals surface area contributed by atoms with Crippen LogP contribution in [-0.4, -0.2) is 15.0 Å². The molecule has 0 radical (unpaired) electrons. The van der Waals surface area contributed by atoms with Crippen LogP contribution >= 0.6 is 0 Å². The Balaban J connectivity index is 1.99. The van der Waals surface area contributed by atoms with Gasteiger partial charge in [-0.1, -0.05) is 18.2 Å². The number of nitriles is 1. The number of benzene rings is 1. The summed E-state index contributed by atoms with van der Waals surface area (Å²) >= 11 is 0.